The van der Waals surface area contributed by atoms with Crippen LogP contribution in [0.25, 0.3) is 0 Å². The van der Waals surface area contributed by atoms with Gasteiger partial charge in [-0.25, -0.2) is 13.1 Å². The first-order chi connectivity index (χ1) is 10.1. The van der Waals surface area contributed by atoms with Crippen LogP contribution in [-0.2, 0) is 16.6 Å². The summed E-state index contributed by atoms with van der Waals surface area (Å²) in [6.45, 7) is 6.19. The quantitative estimate of drug-likeness (QED) is 0.576. The molecule has 21 heavy (non-hydrogen) atoms. The Labute approximate surface area is 133 Å². The van der Waals surface area contributed by atoms with E-state index in [1.54, 1.807) is 6.07 Å². The molecule has 1 aromatic rings. The maximum absolute atomic E-state index is 12.3. The van der Waals surface area contributed by atoms with Crippen molar-refractivity contribution in [2.75, 3.05) is 13.1 Å². The van der Waals surface area contributed by atoms with Gasteiger partial charge in [-0.3, -0.25) is 0 Å². The first-order valence-electron chi connectivity index (χ1n) is 7.88. The lowest BCUT2D eigenvalue weighted by atomic mass is 10.1. The Bertz CT molecular complexity index is 484. The third kappa shape index (κ3) is 6.91. The topological polar surface area (TPSA) is 58.2 Å². The summed E-state index contributed by atoms with van der Waals surface area (Å²) in [6.07, 6.45) is 6.96. The average Bonchev–Trinajstić information content (AvgIpc) is 2.93. The predicted octanol–water partition coefficient (Wildman–Crippen LogP) is 3.50. The van der Waals surface area contributed by atoms with E-state index < -0.39 is 10.0 Å². The predicted molar refractivity (Wildman–Crippen MR) is 90.3 cm³/mol. The van der Waals surface area contributed by atoms with Crippen molar-refractivity contribution in [1.82, 2.24) is 10.0 Å². The molecule has 0 unspecified atom stereocenters. The van der Waals surface area contributed by atoms with Gasteiger partial charge < -0.3 is 5.32 Å². The van der Waals surface area contributed by atoms with Crippen molar-refractivity contribution in [3.63, 3.8) is 0 Å². The number of unbranched alkanes of at least 4 members (excludes halogenated alkanes) is 5. The Morgan fingerprint density at radius 1 is 1.10 bits per heavy atom. The summed E-state index contributed by atoms with van der Waals surface area (Å²) < 4.78 is 27.3. The van der Waals surface area contributed by atoms with Crippen LogP contribution < -0.4 is 10.0 Å². The Hall–Kier alpha value is -0.430. The van der Waals surface area contributed by atoms with Crippen LogP contribution in [0, 0.1) is 0 Å². The Morgan fingerprint density at radius 2 is 1.81 bits per heavy atom. The van der Waals surface area contributed by atoms with Crippen LogP contribution in [0.5, 0.6) is 0 Å². The number of thiophene rings is 1. The van der Waals surface area contributed by atoms with E-state index in [9.17, 15) is 8.42 Å². The minimum absolute atomic E-state index is 0.430. The molecule has 0 saturated heterocycles. The summed E-state index contributed by atoms with van der Waals surface area (Å²) in [7, 11) is -3.36. The molecule has 6 heteroatoms. The van der Waals surface area contributed by atoms with Crippen molar-refractivity contribution in [2.24, 2.45) is 0 Å². The van der Waals surface area contributed by atoms with Crippen LogP contribution >= 0.6 is 11.3 Å². The number of hydrogen-bond donors (Lipinski definition) is 2. The van der Waals surface area contributed by atoms with Crippen molar-refractivity contribution in [1.29, 1.82) is 0 Å². The highest BCUT2D eigenvalue weighted by Gasteiger charge is 2.18. The van der Waals surface area contributed by atoms with E-state index in [1.165, 1.54) is 37.0 Å². The van der Waals surface area contributed by atoms with Crippen LogP contribution in [0.1, 0.15) is 57.2 Å². The fraction of sp³-hybridized carbons (Fsp3) is 0.733. The number of sulfonamides is 1. The maximum Gasteiger partial charge on any atom is 0.241 e. The van der Waals surface area contributed by atoms with E-state index >= 15 is 0 Å². The molecular weight excluding hydrogens is 304 g/mol. The van der Waals surface area contributed by atoms with Gasteiger partial charge in [-0.05, 0) is 24.4 Å². The zero-order valence-electron chi connectivity index (χ0n) is 13.2. The van der Waals surface area contributed by atoms with Crippen molar-refractivity contribution >= 4 is 21.4 Å². The average molecular weight is 333 g/mol. The Balaban J connectivity index is 2.38. The molecule has 0 fully saturated rings. The molecule has 0 amide bonds. The molecule has 4 nitrogen and oxygen atoms in total. The zero-order valence-corrected chi connectivity index (χ0v) is 14.8. The van der Waals surface area contributed by atoms with Gasteiger partial charge in [0.1, 0.15) is 0 Å². The molecule has 0 bridgehead atoms. The van der Waals surface area contributed by atoms with Crippen LogP contribution in [-0.4, -0.2) is 21.5 Å². The minimum atomic E-state index is -3.36. The van der Waals surface area contributed by atoms with E-state index in [0.29, 0.717) is 18.0 Å². The smallest absolute Gasteiger partial charge is 0.241 e. The van der Waals surface area contributed by atoms with E-state index in [0.717, 1.165) is 24.3 Å². The van der Waals surface area contributed by atoms with Gasteiger partial charge in [-0.1, -0.05) is 46.0 Å². The van der Waals surface area contributed by atoms with Crippen LogP contribution in [0.2, 0.25) is 0 Å². The molecule has 1 rings (SSSR count). The second kappa shape index (κ2) is 10.3. The molecule has 0 atom stereocenters. The standard InChI is InChI=1S/C15H28N2O2S2/c1-3-5-6-7-8-9-11-17-21(18,19)15-10-12-20-14(15)13-16-4-2/h10,12,16-17H,3-9,11,13H2,1-2H3. The van der Waals surface area contributed by atoms with E-state index in [-0.39, 0.29) is 0 Å². The van der Waals surface area contributed by atoms with Gasteiger partial charge in [-0.15, -0.1) is 11.3 Å². The summed E-state index contributed by atoms with van der Waals surface area (Å²) >= 11 is 1.49. The number of hydrogen-bond acceptors (Lipinski definition) is 4. The normalized spacial score (nSPS) is 11.9. The number of nitrogens with one attached hydrogen (secondary N) is 2. The fourth-order valence-electron chi connectivity index (χ4n) is 2.13. The number of rotatable bonds is 12. The van der Waals surface area contributed by atoms with Gasteiger partial charge in [-0.2, -0.15) is 0 Å². The highest BCUT2D eigenvalue weighted by Crippen LogP contribution is 2.21. The van der Waals surface area contributed by atoms with Crippen LogP contribution in [0.15, 0.2) is 16.3 Å². The third-order valence-corrected chi connectivity index (χ3v) is 5.95. The molecule has 0 aliphatic rings. The fourth-order valence-corrected chi connectivity index (χ4v) is 4.61. The van der Waals surface area contributed by atoms with E-state index in [4.69, 9.17) is 0 Å². The largest absolute Gasteiger partial charge is 0.312 e. The van der Waals surface area contributed by atoms with Crippen molar-refractivity contribution in [3.8, 4) is 0 Å². The molecule has 0 radical (unpaired) electrons. The van der Waals surface area contributed by atoms with E-state index in [2.05, 4.69) is 17.0 Å². The minimum Gasteiger partial charge on any atom is -0.312 e. The highest BCUT2D eigenvalue weighted by molar-refractivity contribution is 7.89. The van der Waals surface area contributed by atoms with Gasteiger partial charge in [0, 0.05) is 18.0 Å². The summed E-state index contributed by atoms with van der Waals surface area (Å²) in [5.41, 5.74) is 0. The van der Waals surface area contributed by atoms with Gasteiger partial charge in [0.05, 0.1) is 4.90 Å². The molecule has 0 aromatic carbocycles. The van der Waals surface area contributed by atoms with Gasteiger partial charge in [0.2, 0.25) is 10.0 Å². The highest BCUT2D eigenvalue weighted by atomic mass is 32.2. The molecule has 1 heterocycles. The van der Waals surface area contributed by atoms with Gasteiger partial charge in [0.15, 0.2) is 0 Å². The summed E-state index contributed by atoms with van der Waals surface area (Å²) in [4.78, 5) is 1.31. The molecular formula is C15H28N2O2S2. The van der Waals surface area contributed by atoms with Crippen molar-refractivity contribution < 1.29 is 8.42 Å². The first kappa shape index (κ1) is 18.6. The van der Waals surface area contributed by atoms with Crippen LogP contribution in [0.4, 0.5) is 0 Å². The molecule has 122 valence electrons. The lowest BCUT2D eigenvalue weighted by molar-refractivity contribution is 0.566. The maximum atomic E-state index is 12.3. The SMILES string of the molecule is CCCCCCCCNS(=O)(=O)c1ccsc1CNCC. The van der Waals surface area contributed by atoms with E-state index in [1.807, 2.05) is 12.3 Å². The molecule has 0 aliphatic carbocycles. The lowest BCUT2D eigenvalue weighted by Crippen LogP contribution is -2.26. The summed E-state index contributed by atoms with van der Waals surface area (Å²) in [5.74, 6) is 0. The lowest BCUT2D eigenvalue weighted by Gasteiger charge is -2.08. The third-order valence-electron chi connectivity index (χ3n) is 3.35. The second-order valence-corrected chi connectivity index (χ2v) is 7.89. The Kier molecular flexibility index (Phi) is 9.15. The van der Waals surface area contributed by atoms with Crippen molar-refractivity contribution in [3.05, 3.63) is 16.3 Å². The second-order valence-electron chi connectivity index (χ2n) is 5.15. The molecule has 2 N–H and O–H groups in total. The molecule has 0 aliphatic heterocycles. The van der Waals surface area contributed by atoms with Gasteiger partial charge in [0.25, 0.3) is 0 Å². The molecule has 0 spiro atoms. The van der Waals surface area contributed by atoms with Gasteiger partial charge >= 0.3 is 0 Å². The van der Waals surface area contributed by atoms with Crippen LogP contribution in [0.3, 0.4) is 0 Å². The first-order valence-corrected chi connectivity index (χ1v) is 10.2. The zero-order chi connectivity index (χ0) is 15.6. The molecule has 1 aromatic heterocycles. The summed E-state index contributed by atoms with van der Waals surface area (Å²) in [6, 6.07) is 1.70. The monoisotopic (exact) mass is 332 g/mol. The van der Waals surface area contributed by atoms with Crippen molar-refractivity contribution in [2.45, 2.75) is 63.8 Å². The summed E-state index contributed by atoms with van der Waals surface area (Å²) in [5, 5.41) is 5.02. The Morgan fingerprint density at radius 3 is 2.52 bits per heavy atom. The molecule has 0 saturated carbocycles.